The minimum atomic E-state index is -1.85. The van der Waals surface area contributed by atoms with Crippen LogP contribution in [0.25, 0.3) is 10.6 Å². The molecule has 3 N–H and O–H groups in total. The first-order valence-electron chi connectivity index (χ1n) is 8.49. The van der Waals surface area contributed by atoms with Crippen molar-refractivity contribution >= 4 is 80.3 Å². The molecule has 1 unspecified atom stereocenters. The zero-order valence-corrected chi connectivity index (χ0v) is 15.7. The third-order valence-corrected chi connectivity index (χ3v) is 5.13. The van der Waals surface area contributed by atoms with Crippen molar-refractivity contribution in [1.82, 2.24) is 9.55 Å². The molecule has 2 heterocycles. The molecule has 2 aromatic heterocycles. The number of aromatic carboxylic acids is 1. The Morgan fingerprint density at radius 2 is 1.97 bits per heavy atom. The van der Waals surface area contributed by atoms with E-state index in [2.05, 4.69) is 10.3 Å². The number of carbonyl (C=O) groups is 2. The van der Waals surface area contributed by atoms with Crippen LogP contribution in [0.4, 0.5) is 10.1 Å². The number of thiazole rings is 1. The number of aromatic nitrogens is 2. The van der Waals surface area contributed by atoms with Gasteiger partial charge in [-0.05, 0) is 31.2 Å². The number of nitrogens with zero attached hydrogens (tertiary/aromatic N) is 2. The average Bonchev–Trinajstić information content (AvgIpc) is 3.29. The van der Waals surface area contributed by atoms with E-state index in [0.29, 0.717) is 16.4 Å². The molecule has 0 aliphatic rings. The van der Waals surface area contributed by atoms with Crippen molar-refractivity contribution in [2.45, 2.75) is 26.1 Å². The quantitative estimate of drug-likeness (QED) is 0.487. The van der Waals surface area contributed by atoms with Crippen LogP contribution in [0, 0.1) is 0 Å². The number of phenols is 1. The fourth-order valence-corrected chi connectivity index (χ4v) is 3.52. The normalized spacial score (nSPS) is 11.5. The second-order valence-electron chi connectivity index (χ2n) is 6.06. The molecule has 7 nitrogen and oxygen atoms in total. The van der Waals surface area contributed by atoms with Gasteiger partial charge in [-0.3, -0.25) is 4.79 Å². The zero-order chi connectivity index (χ0) is 20.3. The molecule has 0 aliphatic carbocycles. The third-order valence-electron chi connectivity index (χ3n) is 4.07. The van der Waals surface area contributed by atoms with Gasteiger partial charge in [-0.15, -0.1) is 11.3 Å². The van der Waals surface area contributed by atoms with Crippen LogP contribution in [-0.2, 0) is 17.8 Å². The van der Waals surface area contributed by atoms with Gasteiger partial charge in [-0.25, -0.2) is 14.2 Å². The molecule has 10 heteroatoms. The number of alkyl halides is 1. The molecule has 29 heavy (non-hydrogen) atoms. The molecule has 3 rings (SSSR count). The van der Waals surface area contributed by atoms with Gasteiger partial charge in [-0.2, -0.15) is 0 Å². The predicted octanol–water partition coefficient (Wildman–Crippen LogP) is 2.91. The van der Waals surface area contributed by atoms with Crippen LogP contribution in [0.1, 0.15) is 22.2 Å². The van der Waals surface area contributed by atoms with E-state index in [-0.39, 0.29) is 74.8 Å². The first-order valence-corrected chi connectivity index (χ1v) is 9.31. The van der Waals surface area contributed by atoms with E-state index in [9.17, 15) is 24.2 Å². The molecular weight excluding hydrogens is 424 g/mol. The van der Waals surface area contributed by atoms with Crippen molar-refractivity contribution in [2.24, 2.45) is 0 Å². The van der Waals surface area contributed by atoms with E-state index in [1.54, 1.807) is 16.7 Å². The summed E-state index contributed by atoms with van der Waals surface area (Å²) in [6.07, 6.45) is 2.34. The maximum atomic E-state index is 14.4. The van der Waals surface area contributed by atoms with Crippen molar-refractivity contribution in [3.05, 3.63) is 53.3 Å². The van der Waals surface area contributed by atoms with E-state index in [0.717, 1.165) is 5.56 Å². The van der Waals surface area contributed by atoms with Crippen molar-refractivity contribution in [3.8, 4) is 16.3 Å². The summed E-state index contributed by atoms with van der Waals surface area (Å²) < 4.78 is 16.0. The van der Waals surface area contributed by atoms with Crippen LogP contribution < -0.4 is 5.32 Å². The monoisotopic (exact) mass is 443 g/mol. The number of phenolic OH excluding ortho intramolecular Hbond substituents is 1. The molecule has 1 atom stereocenters. The Balaban J connectivity index is 0.00000300. The van der Waals surface area contributed by atoms with Crippen molar-refractivity contribution < 1.29 is 24.2 Å². The van der Waals surface area contributed by atoms with E-state index in [1.807, 2.05) is 6.92 Å². The number of rotatable bonds is 7. The van der Waals surface area contributed by atoms with Gasteiger partial charge in [0, 0.05) is 42.0 Å². The second kappa shape index (κ2) is 10.5. The Morgan fingerprint density at radius 1 is 1.28 bits per heavy atom. The number of amides is 1. The summed E-state index contributed by atoms with van der Waals surface area (Å²) in [4.78, 5) is 28.2. The average molecular weight is 444 g/mol. The van der Waals surface area contributed by atoms with Crippen LogP contribution in [0.5, 0.6) is 5.75 Å². The van der Waals surface area contributed by atoms with E-state index in [1.165, 1.54) is 42.1 Å². The number of anilines is 1. The molecular formula is C19H19FKN3O4S. The number of aryl methyl sites for hydroxylation is 1. The minimum absolute atomic E-state index is 0. The number of nitrogens with one attached hydrogen (secondary N) is 1. The molecule has 3 aromatic rings. The topological polar surface area (TPSA) is 104 Å². The summed E-state index contributed by atoms with van der Waals surface area (Å²) >= 11 is 1.25. The summed E-state index contributed by atoms with van der Waals surface area (Å²) in [5.74, 6) is -1.96. The van der Waals surface area contributed by atoms with E-state index >= 15 is 0 Å². The zero-order valence-electron chi connectivity index (χ0n) is 14.9. The van der Waals surface area contributed by atoms with Gasteiger partial charge in [0.25, 0.3) is 5.91 Å². The molecule has 0 saturated carbocycles. The van der Waals surface area contributed by atoms with Crippen molar-refractivity contribution in [1.29, 1.82) is 0 Å². The van der Waals surface area contributed by atoms with Crippen LogP contribution >= 0.6 is 11.3 Å². The molecule has 0 saturated heterocycles. The Morgan fingerprint density at radius 3 is 2.59 bits per heavy atom. The van der Waals surface area contributed by atoms with Gasteiger partial charge in [0.05, 0.1) is 5.69 Å². The molecule has 0 aliphatic heterocycles. The number of carbonyl (C=O) groups excluding carboxylic acids is 1. The molecule has 1 amide bonds. The van der Waals surface area contributed by atoms with Gasteiger partial charge in [-0.1, -0.05) is 0 Å². The third kappa shape index (κ3) is 5.97. The number of carboxylic acid groups (broad SMARTS) is 1. The SMILES string of the molecule is CCn1cc(NC(=O)C(F)Cc2cnc(-c3ccc(O)cc3)s2)c(C(=O)O)c1.[KH]. The van der Waals surface area contributed by atoms with E-state index in [4.69, 9.17) is 0 Å². The first-order chi connectivity index (χ1) is 13.4. The summed E-state index contributed by atoms with van der Waals surface area (Å²) in [6.45, 7) is 2.35. The summed E-state index contributed by atoms with van der Waals surface area (Å²) in [5, 5.41) is 21.5. The van der Waals surface area contributed by atoms with Gasteiger partial charge in [0.2, 0.25) is 0 Å². The van der Waals surface area contributed by atoms with Crippen molar-refractivity contribution in [3.63, 3.8) is 0 Å². The summed E-state index contributed by atoms with van der Waals surface area (Å²) in [7, 11) is 0. The molecule has 0 bridgehead atoms. The second-order valence-corrected chi connectivity index (χ2v) is 7.18. The van der Waals surface area contributed by atoms with Crippen LogP contribution in [0.15, 0.2) is 42.9 Å². The Bertz CT molecular complexity index is 1000. The molecule has 0 fully saturated rings. The summed E-state index contributed by atoms with van der Waals surface area (Å²) in [5.41, 5.74) is 0.756. The number of benzene rings is 1. The standard InChI is InChI=1S/C19H18FN3O4S.K.H/c1-2-23-9-14(19(26)27)16(10-23)22-17(25)15(20)7-13-8-21-18(28-13)11-3-5-12(24)6-4-11;;/h3-6,8-10,15,24H,2,7H2,1H3,(H,22,25)(H,26,27);;. The maximum absolute atomic E-state index is 14.4. The van der Waals surface area contributed by atoms with Gasteiger partial charge >= 0.3 is 57.4 Å². The number of halogens is 1. The van der Waals surface area contributed by atoms with E-state index < -0.39 is 18.0 Å². The predicted molar refractivity (Wildman–Crippen MR) is 111 cm³/mol. The fraction of sp³-hybridized carbons (Fsp3) is 0.211. The van der Waals surface area contributed by atoms with Gasteiger partial charge in [0.15, 0.2) is 6.17 Å². The first kappa shape index (κ1) is 23.7. The van der Waals surface area contributed by atoms with Gasteiger partial charge < -0.3 is 20.1 Å². The molecule has 1 aromatic carbocycles. The van der Waals surface area contributed by atoms with Gasteiger partial charge in [0.1, 0.15) is 16.3 Å². The fourth-order valence-electron chi connectivity index (χ4n) is 2.58. The number of hydrogen-bond donors (Lipinski definition) is 3. The summed E-state index contributed by atoms with van der Waals surface area (Å²) in [6, 6.07) is 6.46. The molecule has 0 spiro atoms. The Hall–Kier alpha value is -1.56. The van der Waals surface area contributed by atoms with Crippen LogP contribution in [0.3, 0.4) is 0 Å². The Kier molecular flexibility index (Phi) is 8.55. The van der Waals surface area contributed by atoms with Crippen LogP contribution in [-0.4, -0.2) is 89.2 Å². The Labute approximate surface area is 213 Å². The van der Waals surface area contributed by atoms with Crippen molar-refractivity contribution in [2.75, 3.05) is 5.32 Å². The number of carboxylic acids is 1. The number of hydrogen-bond acceptors (Lipinski definition) is 5. The molecule has 0 radical (unpaired) electrons. The van der Waals surface area contributed by atoms with Crippen LogP contribution in [0.2, 0.25) is 0 Å². The molecule has 148 valence electrons. The number of aromatic hydroxyl groups is 1.